The molecule has 1 aliphatic heterocycles. The lowest BCUT2D eigenvalue weighted by Gasteiger charge is -2.25. The van der Waals surface area contributed by atoms with Crippen LogP contribution in [0.4, 0.5) is 11.4 Å². The highest BCUT2D eigenvalue weighted by Crippen LogP contribution is 2.42. The van der Waals surface area contributed by atoms with Crippen molar-refractivity contribution in [3.63, 3.8) is 0 Å². The van der Waals surface area contributed by atoms with Gasteiger partial charge in [0.1, 0.15) is 5.37 Å². The molecule has 0 saturated carbocycles. The first kappa shape index (κ1) is 25.4. The average Bonchev–Trinajstić information content (AvgIpc) is 3.20. The van der Waals surface area contributed by atoms with Gasteiger partial charge in [0, 0.05) is 17.8 Å². The fourth-order valence-electron chi connectivity index (χ4n) is 4.28. The normalized spacial score (nSPS) is 15.8. The summed E-state index contributed by atoms with van der Waals surface area (Å²) in [7, 11) is 0. The molecule has 2 amide bonds. The van der Waals surface area contributed by atoms with Crippen molar-refractivity contribution >= 4 is 35.0 Å². The van der Waals surface area contributed by atoms with Crippen LogP contribution in [0, 0.1) is 6.92 Å². The minimum Gasteiger partial charge on any atom is -0.326 e. The predicted molar refractivity (Wildman–Crippen MR) is 141 cm³/mol. The summed E-state index contributed by atoms with van der Waals surface area (Å²) >= 11 is 1.64. The molecule has 0 aliphatic carbocycles. The monoisotopic (exact) mass is 466 g/mol. The molecule has 0 spiro atoms. The van der Waals surface area contributed by atoms with E-state index in [0.29, 0.717) is 12.2 Å². The maximum Gasteiger partial charge on any atom is 0.238 e. The van der Waals surface area contributed by atoms with E-state index >= 15 is 0 Å². The molecule has 0 bridgehead atoms. The van der Waals surface area contributed by atoms with E-state index in [0.717, 1.165) is 35.3 Å². The number of carbonyl (C=O) groups excluding carboxylic acids is 2. The number of hydrogen-bond acceptors (Lipinski definition) is 3. The smallest absolute Gasteiger partial charge is 0.238 e. The van der Waals surface area contributed by atoms with Gasteiger partial charge in [-0.15, -0.1) is 11.8 Å². The molecule has 1 N–H and O–H groups in total. The molecule has 1 saturated heterocycles. The number of carbonyl (C=O) groups is 2. The minimum atomic E-state index is -0.0361. The molecule has 0 unspecified atom stereocenters. The highest BCUT2D eigenvalue weighted by atomic mass is 32.2. The van der Waals surface area contributed by atoms with Crippen LogP contribution in [0.2, 0.25) is 0 Å². The maximum absolute atomic E-state index is 12.6. The lowest BCUT2D eigenvalue weighted by molar-refractivity contribution is -0.116. The molecule has 1 fully saturated rings. The van der Waals surface area contributed by atoms with Crippen LogP contribution in [-0.2, 0) is 9.59 Å². The van der Waals surface area contributed by atoms with E-state index in [2.05, 4.69) is 18.3 Å². The van der Waals surface area contributed by atoms with E-state index in [1.165, 1.54) is 44.9 Å². The van der Waals surface area contributed by atoms with Crippen molar-refractivity contribution < 1.29 is 9.59 Å². The Hall–Kier alpha value is -2.27. The van der Waals surface area contributed by atoms with Crippen molar-refractivity contribution in [2.75, 3.05) is 16.0 Å². The standard InChI is InChI=1S/C28H38N2O2S/c1-3-4-5-6-7-8-9-10-11-15-26(31)29-24-18-16-23(17-19-24)28-30(27(32)21-33-28)25-14-12-13-22(2)20-25/h12-14,16-20,28H,3-11,15,21H2,1-2H3,(H,29,31)/t28-/m1/s1. The fraction of sp³-hybridized carbons (Fsp3) is 0.500. The molecule has 5 heteroatoms. The van der Waals surface area contributed by atoms with Gasteiger partial charge in [-0.3, -0.25) is 14.5 Å². The van der Waals surface area contributed by atoms with Gasteiger partial charge in [-0.05, 0) is 48.7 Å². The Morgan fingerprint density at radius 2 is 1.64 bits per heavy atom. The van der Waals surface area contributed by atoms with Crippen LogP contribution >= 0.6 is 11.8 Å². The second kappa shape index (κ2) is 13.4. The Morgan fingerprint density at radius 3 is 2.30 bits per heavy atom. The molecule has 1 aliphatic rings. The summed E-state index contributed by atoms with van der Waals surface area (Å²) in [6, 6.07) is 16.0. The zero-order valence-corrected chi connectivity index (χ0v) is 21.0. The van der Waals surface area contributed by atoms with Crippen molar-refractivity contribution in [1.82, 2.24) is 0 Å². The van der Waals surface area contributed by atoms with E-state index in [4.69, 9.17) is 0 Å². The Kier molecular flexibility index (Phi) is 10.3. The largest absolute Gasteiger partial charge is 0.326 e. The third-order valence-electron chi connectivity index (χ3n) is 6.13. The zero-order valence-electron chi connectivity index (χ0n) is 20.1. The van der Waals surface area contributed by atoms with Crippen LogP contribution in [0.25, 0.3) is 0 Å². The summed E-state index contributed by atoms with van der Waals surface area (Å²) in [5, 5.41) is 2.98. The third kappa shape index (κ3) is 7.92. The Bertz CT molecular complexity index is 897. The number of unbranched alkanes of at least 4 members (excludes halogenated alkanes) is 8. The van der Waals surface area contributed by atoms with Gasteiger partial charge in [0.2, 0.25) is 11.8 Å². The summed E-state index contributed by atoms with van der Waals surface area (Å²) in [5.74, 6) is 0.696. The molecule has 0 radical (unpaired) electrons. The zero-order chi connectivity index (χ0) is 23.5. The number of hydrogen-bond donors (Lipinski definition) is 1. The van der Waals surface area contributed by atoms with E-state index in [1.54, 1.807) is 11.8 Å². The molecule has 2 aromatic rings. The van der Waals surface area contributed by atoms with Crippen LogP contribution in [0.5, 0.6) is 0 Å². The van der Waals surface area contributed by atoms with Crippen molar-refractivity contribution in [2.24, 2.45) is 0 Å². The van der Waals surface area contributed by atoms with Crippen LogP contribution in [-0.4, -0.2) is 17.6 Å². The summed E-state index contributed by atoms with van der Waals surface area (Å²) < 4.78 is 0. The average molecular weight is 467 g/mol. The summed E-state index contributed by atoms with van der Waals surface area (Å²) in [5.41, 5.74) is 3.97. The van der Waals surface area contributed by atoms with Crippen molar-refractivity contribution in [2.45, 2.75) is 83.4 Å². The van der Waals surface area contributed by atoms with Gasteiger partial charge in [0.15, 0.2) is 0 Å². The predicted octanol–water partition coefficient (Wildman–Crippen LogP) is 7.63. The molecule has 1 atom stereocenters. The molecule has 2 aromatic carbocycles. The molecule has 178 valence electrons. The van der Waals surface area contributed by atoms with Crippen LogP contribution in [0.15, 0.2) is 48.5 Å². The van der Waals surface area contributed by atoms with Crippen molar-refractivity contribution in [3.05, 3.63) is 59.7 Å². The van der Waals surface area contributed by atoms with E-state index in [9.17, 15) is 9.59 Å². The molecule has 3 rings (SSSR count). The van der Waals surface area contributed by atoms with Crippen LogP contribution < -0.4 is 10.2 Å². The van der Waals surface area contributed by atoms with Crippen LogP contribution in [0.3, 0.4) is 0 Å². The number of nitrogens with zero attached hydrogens (tertiary/aromatic N) is 1. The SMILES string of the molecule is CCCCCCCCCCCC(=O)Nc1ccc([C@H]2SCC(=O)N2c2cccc(C)c2)cc1. The number of rotatable bonds is 13. The van der Waals surface area contributed by atoms with Gasteiger partial charge in [-0.25, -0.2) is 0 Å². The Balaban J connectivity index is 1.43. The molecular formula is C28H38N2O2S. The quantitative estimate of drug-likeness (QED) is 0.309. The van der Waals surface area contributed by atoms with E-state index in [1.807, 2.05) is 54.3 Å². The van der Waals surface area contributed by atoms with E-state index < -0.39 is 0 Å². The number of aryl methyl sites for hydroxylation is 1. The number of nitrogens with one attached hydrogen (secondary N) is 1. The first-order valence-electron chi connectivity index (χ1n) is 12.5. The van der Waals surface area contributed by atoms with Gasteiger partial charge in [0.05, 0.1) is 5.75 Å². The molecule has 0 aromatic heterocycles. The van der Waals surface area contributed by atoms with Gasteiger partial charge >= 0.3 is 0 Å². The van der Waals surface area contributed by atoms with Crippen molar-refractivity contribution in [1.29, 1.82) is 0 Å². The first-order valence-corrected chi connectivity index (χ1v) is 13.5. The van der Waals surface area contributed by atoms with Gasteiger partial charge in [-0.1, -0.05) is 82.6 Å². The number of benzene rings is 2. The van der Waals surface area contributed by atoms with Gasteiger partial charge in [0.25, 0.3) is 0 Å². The maximum atomic E-state index is 12.6. The summed E-state index contributed by atoms with van der Waals surface area (Å²) in [6.07, 6.45) is 11.8. The molecular weight excluding hydrogens is 428 g/mol. The number of thioether (sulfide) groups is 1. The lowest BCUT2D eigenvalue weighted by Crippen LogP contribution is -2.27. The fourth-order valence-corrected chi connectivity index (χ4v) is 5.46. The third-order valence-corrected chi connectivity index (χ3v) is 7.35. The van der Waals surface area contributed by atoms with Gasteiger partial charge < -0.3 is 5.32 Å². The van der Waals surface area contributed by atoms with Crippen molar-refractivity contribution in [3.8, 4) is 0 Å². The first-order chi connectivity index (χ1) is 16.1. The summed E-state index contributed by atoms with van der Waals surface area (Å²) in [4.78, 5) is 26.7. The number of anilines is 2. The molecule has 33 heavy (non-hydrogen) atoms. The minimum absolute atomic E-state index is 0.0361. The molecule has 1 heterocycles. The Labute approximate surface area is 203 Å². The molecule has 4 nitrogen and oxygen atoms in total. The highest BCUT2D eigenvalue weighted by Gasteiger charge is 2.34. The number of amides is 2. The topological polar surface area (TPSA) is 49.4 Å². The second-order valence-electron chi connectivity index (χ2n) is 9.01. The van der Waals surface area contributed by atoms with Crippen LogP contribution in [0.1, 0.15) is 87.6 Å². The Morgan fingerprint density at radius 1 is 0.970 bits per heavy atom. The lowest BCUT2D eigenvalue weighted by atomic mass is 10.1. The van der Waals surface area contributed by atoms with E-state index in [-0.39, 0.29) is 17.2 Å². The second-order valence-corrected chi connectivity index (χ2v) is 10.1. The highest BCUT2D eigenvalue weighted by molar-refractivity contribution is 8.00. The van der Waals surface area contributed by atoms with Gasteiger partial charge in [-0.2, -0.15) is 0 Å². The summed E-state index contributed by atoms with van der Waals surface area (Å²) in [6.45, 7) is 4.29.